The lowest BCUT2D eigenvalue weighted by molar-refractivity contribution is 0.179. The highest BCUT2D eigenvalue weighted by Crippen LogP contribution is 2.27. The van der Waals surface area contributed by atoms with Gasteiger partial charge in [-0.3, -0.25) is 0 Å². The van der Waals surface area contributed by atoms with Gasteiger partial charge < -0.3 is 10.5 Å². The van der Waals surface area contributed by atoms with E-state index in [0.29, 0.717) is 6.54 Å². The third-order valence-corrected chi connectivity index (χ3v) is 2.89. The second-order valence-electron chi connectivity index (χ2n) is 3.92. The van der Waals surface area contributed by atoms with Gasteiger partial charge in [0.25, 0.3) is 0 Å². The van der Waals surface area contributed by atoms with Crippen molar-refractivity contribution >= 4 is 0 Å². The van der Waals surface area contributed by atoms with E-state index >= 15 is 0 Å². The second kappa shape index (κ2) is 4.47. The summed E-state index contributed by atoms with van der Waals surface area (Å²) >= 11 is 0. The van der Waals surface area contributed by atoms with Crippen molar-refractivity contribution in [1.82, 2.24) is 0 Å². The van der Waals surface area contributed by atoms with E-state index in [-0.39, 0.29) is 0 Å². The standard InChI is InChI=1S/C12H17NO/c13-8-11-6-1-2-7-12(11)14-9-10-4-3-5-10/h1-2,6-7,10H,3-5,8-9,13H2. The lowest BCUT2D eigenvalue weighted by Gasteiger charge is -2.25. The maximum absolute atomic E-state index is 5.75. The molecule has 1 saturated carbocycles. The van der Waals surface area contributed by atoms with E-state index in [1.54, 1.807) is 0 Å². The minimum Gasteiger partial charge on any atom is -0.493 e. The molecule has 2 N–H and O–H groups in total. The Morgan fingerprint density at radius 2 is 2.07 bits per heavy atom. The Hall–Kier alpha value is -1.02. The van der Waals surface area contributed by atoms with Crippen LogP contribution in [0.25, 0.3) is 0 Å². The molecular formula is C12H17NO. The number of rotatable bonds is 4. The topological polar surface area (TPSA) is 35.2 Å². The van der Waals surface area contributed by atoms with Gasteiger partial charge in [-0.2, -0.15) is 0 Å². The molecule has 0 bridgehead atoms. The predicted molar refractivity (Wildman–Crippen MR) is 57.2 cm³/mol. The Kier molecular flexibility index (Phi) is 3.04. The fraction of sp³-hybridized carbons (Fsp3) is 0.500. The van der Waals surface area contributed by atoms with Gasteiger partial charge in [0.1, 0.15) is 5.75 Å². The van der Waals surface area contributed by atoms with E-state index in [9.17, 15) is 0 Å². The third kappa shape index (κ3) is 2.07. The minimum absolute atomic E-state index is 0.556. The molecular weight excluding hydrogens is 174 g/mol. The summed E-state index contributed by atoms with van der Waals surface area (Å²) in [5.74, 6) is 1.74. The van der Waals surface area contributed by atoms with E-state index in [0.717, 1.165) is 23.8 Å². The number of benzene rings is 1. The molecule has 0 radical (unpaired) electrons. The Bertz CT molecular complexity index is 294. The summed E-state index contributed by atoms with van der Waals surface area (Å²) in [5, 5.41) is 0. The smallest absolute Gasteiger partial charge is 0.123 e. The fourth-order valence-electron chi connectivity index (χ4n) is 1.68. The van der Waals surface area contributed by atoms with Crippen molar-refractivity contribution in [1.29, 1.82) is 0 Å². The monoisotopic (exact) mass is 191 g/mol. The van der Waals surface area contributed by atoms with E-state index in [2.05, 4.69) is 0 Å². The molecule has 0 spiro atoms. The number of para-hydroxylation sites is 1. The van der Waals surface area contributed by atoms with Crippen LogP contribution in [0.1, 0.15) is 24.8 Å². The average Bonchev–Trinajstić information content (AvgIpc) is 2.16. The Balaban J connectivity index is 1.93. The van der Waals surface area contributed by atoms with E-state index in [1.165, 1.54) is 19.3 Å². The zero-order chi connectivity index (χ0) is 9.80. The molecule has 1 aromatic carbocycles. The molecule has 1 aromatic rings. The van der Waals surface area contributed by atoms with E-state index < -0.39 is 0 Å². The first kappa shape index (κ1) is 9.53. The van der Waals surface area contributed by atoms with Gasteiger partial charge in [0.05, 0.1) is 6.61 Å². The van der Waals surface area contributed by atoms with Crippen LogP contribution in [0.5, 0.6) is 5.75 Å². The van der Waals surface area contributed by atoms with Crippen molar-refractivity contribution in [2.45, 2.75) is 25.8 Å². The van der Waals surface area contributed by atoms with Crippen LogP contribution in [0.15, 0.2) is 24.3 Å². The Morgan fingerprint density at radius 3 is 2.71 bits per heavy atom. The van der Waals surface area contributed by atoms with Crippen molar-refractivity contribution in [3.63, 3.8) is 0 Å². The molecule has 76 valence electrons. The van der Waals surface area contributed by atoms with Gasteiger partial charge in [0.2, 0.25) is 0 Å². The zero-order valence-electron chi connectivity index (χ0n) is 8.41. The fourth-order valence-corrected chi connectivity index (χ4v) is 1.68. The van der Waals surface area contributed by atoms with Crippen LogP contribution in [-0.4, -0.2) is 6.61 Å². The maximum atomic E-state index is 5.75. The van der Waals surface area contributed by atoms with Crippen molar-refractivity contribution in [2.24, 2.45) is 11.7 Å². The van der Waals surface area contributed by atoms with Gasteiger partial charge in [-0.05, 0) is 24.8 Å². The molecule has 0 unspecified atom stereocenters. The highest BCUT2D eigenvalue weighted by molar-refractivity contribution is 5.32. The van der Waals surface area contributed by atoms with Crippen LogP contribution in [0.2, 0.25) is 0 Å². The van der Waals surface area contributed by atoms with Crippen LogP contribution in [0, 0.1) is 5.92 Å². The molecule has 1 aliphatic rings. The van der Waals surface area contributed by atoms with E-state index in [1.807, 2.05) is 24.3 Å². The molecule has 2 nitrogen and oxygen atoms in total. The molecule has 0 heterocycles. The second-order valence-corrected chi connectivity index (χ2v) is 3.92. The van der Waals surface area contributed by atoms with Crippen molar-refractivity contribution < 1.29 is 4.74 Å². The first-order valence-electron chi connectivity index (χ1n) is 5.31. The SMILES string of the molecule is NCc1ccccc1OCC1CCC1. The average molecular weight is 191 g/mol. The summed E-state index contributed by atoms with van der Waals surface area (Å²) in [7, 11) is 0. The summed E-state index contributed by atoms with van der Waals surface area (Å²) in [5.41, 5.74) is 6.73. The summed E-state index contributed by atoms with van der Waals surface area (Å²) in [6, 6.07) is 8.02. The van der Waals surface area contributed by atoms with Crippen molar-refractivity contribution in [2.75, 3.05) is 6.61 Å². The van der Waals surface area contributed by atoms with Crippen LogP contribution >= 0.6 is 0 Å². The summed E-state index contributed by atoms with van der Waals surface area (Å²) in [6.45, 7) is 1.41. The highest BCUT2D eigenvalue weighted by atomic mass is 16.5. The number of hydrogen-bond donors (Lipinski definition) is 1. The van der Waals surface area contributed by atoms with Crippen LogP contribution in [0.3, 0.4) is 0 Å². The lowest BCUT2D eigenvalue weighted by Crippen LogP contribution is -2.19. The van der Waals surface area contributed by atoms with Gasteiger partial charge in [-0.1, -0.05) is 24.6 Å². The molecule has 0 aliphatic heterocycles. The molecule has 2 rings (SSSR count). The molecule has 1 aliphatic carbocycles. The maximum Gasteiger partial charge on any atom is 0.123 e. The summed E-state index contributed by atoms with van der Waals surface area (Å²) in [4.78, 5) is 0. The third-order valence-electron chi connectivity index (χ3n) is 2.89. The van der Waals surface area contributed by atoms with Gasteiger partial charge in [-0.25, -0.2) is 0 Å². The normalized spacial score (nSPS) is 16.4. The zero-order valence-corrected chi connectivity index (χ0v) is 8.41. The van der Waals surface area contributed by atoms with Gasteiger partial charge in [-0.15, -0.1) is 0 Å². The van der Waals surface area contributed by atoms with Crippen molar-refractivity contribution in [3.8, 4) is 5.75 Å². The molecule has 14 heavy (non-hydrogen) atoms. The summed E-state index contributed by atoms with van der Waals surface area (Å²) < 4.78 is 5.75. The first-order chi connectivity index (χ1) is 6.90. The largest absolute Gasteiger partial charge is 0.493 e. The summed E-state index contributed by atoms with van der Waals surface area (Å²) in [6.07, 6.45) is 4.02. The minimum atomic E-state index is 0.556. The molecule has 0 saturated heterocycles. The van der Waals surface area contributed by atoms with Crippen LogP contribution in [0.4, 0.5) is 0 Å². The van der Waals surface area contributed by atoms with Crippen LogP contribution in [-0.2, 0) is 6.54 Å². The molecule has 1 fully saturated rings. The van der Waals surface area contributed by atoms with E-state index in [4.69, 9.17) is 10.5 Å². The Labute approximate surface area is 85.1 Å². The number of hydrogen-bond acceptors (Lipinski definition) is 2. The van der Waals surface area contributed by atoms with Crippen LogP contribution < -0.4 is 10.5 Å². The predicted octanol–water partition coefficient (Wildman–Crippen LogP) is 2.32. The first-order valence-corrected chi connectivity index (χ1v) is 5.31. The van der Waals surface area contributed by atoms with Crippen molar-refractivity contribution in [3.05, 3.63) is 29.8 Å². The molecule has 0 aromatic heterocycles. The molecule has 0 amide bonds. The number of nitrogens with two attached hydrogens (primary N) is 1. The number of ether oxygens (including phenoxy) is 1. The highest BCUT2D eigenvalue weighted by Gasteiger charge is 2.18. The van der Waals surface area contributed by atoms with Gasteiger partial charge >= 0.3 is 0 Å². The lowest BCUT2D eigenvalue weighted by atomic mass is 9.86. The molecule has 2 heteroatoms. The van der Waals surface area contributed by atoms with Gasteiger partial charge in [0.15, 0.2) is 0 Å². The Morgan fingerprint density at radius 1 is 1.29 bits per heavy atom. The van der Waals surface area contributed by atoms with Gasteiger partial charge in [0, 0.05) is 12.1 Å². The quantitative estimate of drug-likeness (QED) is 0.792. The molecule has 0 atom stereocenters.